The SMILES string of the molecule is CCOc1ncc(OC2CCN(c3cc(F)c4c(c3)C(=O)CC4)C2=O)cc1F. The smallest absolute Gasteiger partial charge is 0.268 e. The normalized spacial score (nSPS) is 18.5. The first-order valence-electron chi connectivity index (χ1n) is 9.10. The van der Waals surface area contributed by atoms with Gasteiger partial charge in [0.1, 0.15) is 11.6 Å². The van der Waals surface area contributed by atoms with Gasteiger partial charge in [0, 0.05) is 36.7 Å². The number of halogens is 2. The zero-order valence-corrected chi connectivity index (χ0v) is 15.2. The van der Waals surface area contributed by atoms with E-state index in [-0.39, 0.29) is 36.3 Å². The molecule has 1 fully saturated rings. The van der Waals surface area contributed by atoms with Gasteiger partial charge in [-0.05, 0) is 31.0 Å². The number of anilines is 1. The number of aromatic nitrogens is 1. The summed E-state index contributed by atoms with van der Waals surface area (Å²) in [4.78, 5) is 29.9. The Bertz CT molecular complexity index is 963. The van der Waals surface area contributed by atoms with E-state index in [1.165, 1.54) is 17.2 Å². The Balaban J connectivity index is 1.52. The van der Waals surface area contributed by atoms with Crippen LogP contribution >= 0.6 is 0 Å². The van der Waals surface area contributed by atoms with Crippen molar-refractivity contribution in [2.45, 2.75) is 32.3 Å². The summed E-state index contributed by atoms with van der Waals surface area (Å²) in [6, 6.07) is 3.95. The van der Waals surface area contributed by atoms with Crippen LogP contribution in [-0.2, 0) is 11.2 Å². The number of Topliss-reactive ketones (excluding diaryl/α,β-unsaturated/α-hetero) is 1. The van der Waals surface area contributed by atoms with Crippen molar-refractivity contribution in [2.75, 3.05) is 18.1 Å². The number of ketones is 1. The van der Waals surface area contributed by atoms with Crippen LogP contribution in [0.4, 0.5) is 14.5 Å². The minimum Gasteiger partial charge on any atom is -0.479 e. The summed E-state index contributed by atoms with van der Waals surface area (Å²) in [7, 11) is 0. The van der Waals surface area contributed by atoms with Gasteiger partial charge in [0.25, 0.3) is 11.8 Å². The molecule has 1 aliphatic carbocycles. The quantitative estimate of drug-likeness (QED) is 0.788. The first kappa shape index (κ1) is 18.3. The first-order valence-corrected chi connectivity index (χ1v) is 9.10. The monoisotopic (exact) mass is 388 g/mol. The second-order valence-electron chi connectivity index (χ2n) is 6.65. The lowest BCUT2D eigenvalue weighted by atomic mass is 10.1. The average Bonchev–Trinajstić information content (AvgIpc) is 3.21. The number of carbonyl (C=O) groups is 2. The number of ether oxygens (including phenoxy) is 2. The zero-order chi connectivity index (χ0) is 19.8. The fourth-order valence-corrected chi connectivity index (χ4v) is 3.55. The minimum absolute atomic E-state index is 0.108. The summed E-state index contributed by atoms with van der Waals surface area (Å²) < 4.78 is 38.9. The molecule has 1 aromatic carbocycles. The van der Waals surface area contributed by atoms with Crippen molar-refractivity contribution in [3.63, 3.8) is 0 Å². The van der Waals surface area contributed by atoms with Crippen molar-refractivity contribution < 1.29 is 27.8 Å². The van der Waals surface area contributed by atoms with Crippen LogP contribution in [0.3, 0.4) is 0 Å². The lowest BCUT2D eigenvalue weighted by Crippen LogP contribution is -2.32. The van der Waals surface area contributed by atoms with Crippen molar-refractivity contribution in [3.8, 4) is 11.6 Å². The molecule has 2 heterocycles. The molecule has 0 bridgehead atoms. The number of hydrogen-bond acceptors (Lipinski definition) is 5. The van der Waals surface area contributed by atoms with Gasteiger partial charge in [-0.25, -0.2) is 13.8 Å². The molecule has 2 aliphatic rings. The number of carbonyl (C=O) groups excluding carboxylic acids is 2. The molecule has 0 radical (unpaired) electrons. The van der Waals surface area contributed by atoms with Crippen molar-refractivity contribution in [2.24, 2.45) is 0 Å². The van der Waals surface area contributed by atoms with E-state index in [0.29, 0.717) is 36.2 Å². The molecule has 146 valence electrons. The van der Waals surface area contributed by atoms with Gasteiger partial charge >= 0.3 is 0 Å². The Labute approximate surface area is 160 Å². The molecule has 0 saturated carbocycles. The topological polar surface area (TPSA) is 68.7 Å². The molecule has 2 aromatic rings. The molecular weight excluding hydrogens is 370 g/mol. The summed E-state index contributed by atoms with van der Waals surface area (Å²) >= 11 is 0. The fourth-order valence-electron chi connectivity index (χ4n) is 3.55. The number of hydrogen-bond donors (Lipinski definition) is 0. The van der Waals surface area contributed by atoms with E-state index in [4.69, 9.17) is 9.47 Å². The summed E-state index contributed by atoms with van der Waals surface area (Å²) in [5, 5.41) is 0. The van der Waals surface area contributed by atoms with Crippen molar-refractivity contribution in [1.29, 1.82) is 0 Å². The highest BCUT2D eigenvalue weighted by Crippen LogP contribution is 2.32. The van der Waals surface area contributed by atoms with Crippen molar-refractivity contribution in [3.05, 3.63) is 47.2 Å². The standard InChI is InChI=1S/C20H18F2N2O4/c1-2-27-19-16(22)9-12(10-23-19)28-18-5-6-24(20(18)26)11-7-14-13(15(21)8-11)3-4-17(14)25/h7-10,18H,2-6H2,1H3. The van der Waals surface area contributed by atoms with Gasteiger partial charge in [0.15, 0.2) is 17.7 Å². The van der Waals surface area contributed by atoms with Crippen molar-refractivity contribution >= 4 is 17.4 Å². The van der Waals surface area contributed by atoms with E-state index < -0.39 is 17.7 Å². The summed E-state index contributed by atoms with van der Waals surface area (Å²) in [5.41, 5.74) is 1.08. The highest BCUT2D eigenvalue weighted by molar-refractivity contribution is 6.04. The lowest BCUT2D eigenvalue weighted by Gasteiger charge is -2.18. The predicted octanol–water partition coefficient (Wildman–Crippen LogP) is 3.07. The third-order valence-corrected chi connectivity index (χ3v) is 4.89. The van der Waals surface area contributed by atoms with Crippen molar-refractivity contribution in [1.82, 2.24) is 4.98 Å². The second kappa shape index (κ2) is 7.18. The van der Waals surface area contributed by atoms with Gasteiger partial charge in [0.2, 0.25) is 0 Å². The second-order valence-corrected chi connectivity index (χ2v) is 6.65. The Morgan fingerprint density at radius 1 is 1.18 bits per heavy atom. The van der Waals surface area contributed by atoms with E-state index in [9.17, 15) is 18.4 Å². The molecule has 1 aliphatic heterocycles. The minimum atomic E-state index is -0.842. The molecule has 1 aromatic heterocycles. The van der Waals surface area contributed by atoms with E-state index >= 15 is 0 Å². The third-order valence-electron chi connectivity index (χ3n) is 4.89. The van der Waals surface area contributed by atoms with Crippen LogP contribution in [0.2, 0.25) is 0 Å². The molecule has 0 spiro atoms. The van der Waals surface area contributed by atoms with Gasteiger partial charge in [-0.1, -0.05) is 0 Å². The van der Waals surface area contributed by atoms with Gasteiger partial charge in [-0.2, -0.15) is 0 Å². The van der Waals surface area contributed by atoms with Crippen LogP contribution in [0.1, 0.15) is 35.7 Å². The zero-order valence-electron chi connectivity index (χ0n) is 15.2. The van der Waals surface area contributed by atoms with E-state index in [1.54, 1.807) is 13.0 Å². The molecule has 1 atom stereocenters. The summed E-state index contributed by atoms with van der Waals surface area (Å²) in [6.45, 7) is 2.30. The Morgan fingerprint density at radius 2 is 2.00 bits per heavy atom. The molecule has 1 saturated heterocycles. The highest BCUT2D eigenvalue weighted by atomic mass is 19.1. The maximum absolute atomic E-state index is 14.3. The van der Waals surface area contributed by atoms with E-state index in [2.05, 4.69) is 4.98 Å². The summed E-state index contributed by atoms with van der Waals surface area (Å²) in [6.07, 6.45) is 1.46. The molecule has 1 unspecified atom stereocenters. The van der Waals surface area contributed by atoms with Crippen LogP contribution in [0, 0.1) is 11.6 Å². The molecular formula is C20H18F2N2O4. The van der Waals surface area contributed by atoms with Gasteiger partial charge < -0.3 is 14.4 Å². The number of pyridine rings is 1. The maximum Gasteiger partial charge on any atom is 0.268 e. The molecule has 6 nitrogen and oxygen atoms in total. The molecule has 4 rings (SSSR count). The van der Waals surface area contributed by atoms with Gasteiger partial charge in [-0.15, -0.1) is 0 Å². The number of amides is 1. The van der Waals surface area contributed by atoms with E-state index in [1.807, 2.05) is 0 Å². The van der Waals surface area contributed by atoms with Gasteiger partial charge in [-0.3, -0.25) is 9.59 Å². The Kier molecular flexibility index (Phi) is 4.70. The van der Waals surface area contributed by atoms with Crippen LogP contribution in [0.15, 0.2) is 24.4 Å². The Hall–Kier alpha value is -3.03. The number of rotatable bonds is 5. The molecule has 0 N–H and O–H groups in total. The fraction of sp³-hybridized carbons (Fsp3) is 0.350. The molecule has 1 amide bonds. The Morgan fingerprint density at radius 3 is 2.75 bits per heavy atom. The predicted molar refractivity (Wildman–Crippen MR) is 95.8 cm³/mol. The van der Waals surface area contributed by atoms with Crippen LogP contribution < -0.4 is 14.4 Å². The maximum atomic E-state index is 14.3. The lowest BCUT2D eigenvalue weighted by molar-refractivity contribution is -0.122. The number of nitrogens with zero attached hydrogens (tertiary/aromatic N) is 2. The molecule has 8 heteroatoms. The van der Waals surface area contributed by atoms with E-state index in [0.717, 1.165) is 6.07 Å². The van der Waals surface area contributed by atoms with Gasteiger partial charge in [0.05, 0.1) is 12.8 Å². The van der Waals surface area contributed by atoms with Crippen LogP contribution in [0.25, 0.3) is 0 Å². The highest BCUT2D eigenvalue weighted by Gasteiger charge is 2.36. The third kappa shape index (κ3) is 3.19. The van der Waals surface area contributed by atoms with Crippen LogP contribution in [-0.4, -0.2) is 35.9 Å². The van der Waals surface area contributed by atoms with Crippen LogP contribution in [0.5, 0.6) is 11.6 Å². The molecule has 28 heavy (non-hydrogen) atoms. The number of fused-ring (bicyclic) bond motifs is 1. The largest absolute Gasteiger partial charge is 0.479 e. The number of benzene rings is 1. The summed E-state index contributed by atoms with van der Waals surface area (Å²) in [5.74, 6) is -1.68. The average molecular weight is 388 g/mol. The first-order chi connectivity index (χ1) is 13.5.